The lowest BCUT2D eigenvalue weighted by atomic mass is 9.85. The molecule has 4 fully saturated rings. The predicted octanol–water partition coefficient (Wildman–Crippen LogP) is 4.32. The number of benzene rings is 1. The lowest BCUT2D eigenvalue weighted by Gasteiger charge is -2.36. The third-order valence-corrected chi connectivity index (χ3v) is 13.2. The van der Waals surface area contributed by atoms with Gasteiger partial charge in [-0.25, -0.2) is 18.3 Å². The highest BCUT2D eigenvalue weighted by Crippen LogP contribution is 2.38. The molecule has 1 atom stereocenters. The minimum atomic E-state index is -2.87. The quantitative estimate of drug-likeness (QED) is 0.193. The summed E-state index contributed by atoms with van der Waals surface area (Å²) in [5.41, 5.74) is 1.37. The number of alkyl halides is 2. The van der Waals surface area contributed by atoms with Gasteiger partial charge in [-0.2, -0.15) is 10.2 Å². The van der Waals surface area contributed by atoms with Crippen molar-refractivity contribution in [1.29, 1.82) is 0 Å². The summed E-state index contributed by atoms with van der Waals surface area (Å²) in [6, 6.07) is 6.04. The van der Waals surface area contributed by atoms with Crippen LogP contribution in [0.2, 0.25) is 0 Å². The molecule has 5 aliphatic rings. The Hall–Kier alpha value is -5.82. The van der Waals surface area contributed by atoms with E-state index in [9.17, 15) is 32.8 Å². The molecule has 2 N–H and O–H groups in total. The normalized spacial score (nSPS) is 22.6. The SMILES string of the molecule is CN(CCC1CCN(c2cccc3c2C(=O)N(C2CCC(=O)NC2=O)C3=O)CC1)C[C@H]1CC[C@H](n2cc(NC(=O)c3cnn4ccc(N5CCOCC5)nc34)c(C(F)F)n2)CC1. The number of amides is 5. The zero-order valence-corrected chi connectivity index (χ0v) is 34.7. The maximum absolute atomic E-state index is 14.3. The highest BCUT2D eigenvalue weighted by atomic mass is 19.3. The second-order valence-corrected chi connectivity index (χ2v) is 17.2. The number of nitrogens with zero attached hydrogens (tertiary/aromatic N) is 9. The highest BCUT2D eigenvalue weighted by molar-refractivity contribution is 6.25. The molecule has 19 heteroatoms. The van der Waals surface area contributed by atoms with Crippen molar-refractivity contribution in [2.45, 2.75) is 76.3 Å². The van der Waals surface area contributed by atoms with Crippen LogP contribution in [0, 0.1) is 11.8 Å². The molecule has 0 radical (unpaired) electrons. The van der Waals surface area contributed by atoms with Crippen molar-refractivity contribution in [3.8, 4) is 0 Å². The minimum Gasteiger partial charge on any atom is -0.378 e. The molecule has 1 saturated carbocycles. The molecule has 62 heavy (non-hydrogen) atoms. The number of ether oxygens (including phenoxy) is 1. The maximum Gasteiger partial charge on any atom is 0.284 e. The van der Waals surface area contributed by atoms with Gasteiger partial charge in [0, 0.05) is 51.5 Å². The standard InChI is InChI=1S/C43H51F2N11O6/c1-51(15-11-26-12-16-52(17-13-26)32-4-2-3-29-36(32)43(61)56(42(29)60)33-9-10-35(57)49-41(33)59)24-27-5-7-28(8-6-27)55-25-31(37(50-55)38(44)45)47-40(58)30-23-46-54-18-14-34(48-39(30)54)53-19-21-62-22-20-53/h2-4,14,18,23,25-28,33,38H,5-13,15-17,19-22,24H2,1H3,(H,47,58)(H,49,57,59)/t27-,28-,33?. The lowest BCUT2D eigenvalue weighted by molar-refractivity contribution is -0.136. The van der Waals surface area contributed by atoms with Crippen LogP contribution in [0.5, 0.6) is 0 Å². The number of nitrogens with one attached hydrogen (secondary N) is 2. The Morgan fingerprint density at radius 3 is 2.47 bits per heavy atom. The molecule has 1 aliphatic carbocycles. The molecule has 4 aliphatic heterocycles. The number of carbonyl (C=O) groups excluding carboxylic acids is 5. The zero-order chi connectivity index (χ0) is 43.1. The van der Waals surface area contributed by atoms with Gasteiger partial charge in [0.15, 0.2) is 11.3 Å². The molecule has 328 valence electrons. The van der Waals surface area contributed by atoms with Crippen molar-refractivity contribution in [3.05, 3.63) is 65.2 Å². The van der Waals surface area contributed by atoms with Crippen LogP contribution in [0.25, 0.3) is 5.65 Å². The smallest absolute Gasteiger partial charge is 0.284 e. The number of fused-ring (bicyclic) bond motifs is 2. The van der Waals surface area contributed by atoms with E-state index in [4.69, 9.17) is 4.74 Å². The number of piperidine rings is 2. The third-order valence-electron chi connectivity index (χ3n) is 13.2. The van der Waals surface area contributed by atoms with Crippen LogP contribution in [-0.4, -0.2) is 129 Å². The van der Waals surface area contributed by atoms with E-state index in [1.54, 1.807) is 23.0 Å². The van der Waals surface area contributed by atoms with Crippen LogP contribution < -0.4 is 20.4 Å². The molecule has 1 aromatic carbocycles. The number of morpholine rings is 1. The van der Waals surface area contributed by atoms with E-state index in [0.29, 0.717) is 66.4 Å². The molecule has 3 aromatic heterocycles. The van der Waals surface area contributed by atoms with Crippen molar-refractivity contribution >= 4 is 52.4 Å². The fourth-order valence-electron chi connectivity index (χ4n) is 9.78. The number of imide groups is 2. The third kappa shape index (κ3) is 8.26. The molecule has 3 saturated heterocycles. The topological polar surface area (TPSA) is 180 Å². The summed E-state index contributed by atoms with van der Waals surface area (Å²) in [5, 5.41) is 13.5. The average Bonchev–Trinajstić information content (AvgIpc) is 3.98. The summed E-state index contributed by atoms with van der Waals surface area (Å²) >= 11 is 0. The van der Waals surface area contributed by atoms with Crippen molar-refractivity contribution in [2.24, 2.45) is 11.8 Å². The second kappa shape index (κ2) is 17.5. The molecule has 5 amide bonds. The number of aromatic nitrogens is 5. The lowest BCUT2D eigenvalue weighted by Crippen LogP contribution is -2.54. The van der Waals surface area contributed by atoms with Crippen LogP contribution in [0.1, 0.15) is 107 Å². The monoisotopic (exact) mass is 855 g/mol. The van der Waals surface area contributed by atoms with E-state index in [0.717, 1.165) is 76.0 Å². The molecular formula is C43H51F2N11O6. The van der Waals surface area contributed by atoms with Gasteiger partial charge in [-0.05, 0) is 95.0 Å². The van der Waals surface area contributed by atoms with E-state index >= 15 is 0 Å². The van der Waals surface area contributed by atoms with Crippen molar-refractivity contribution in [2.75, 3.05) is 74.6 Å². The van der Waals surface area contributed by atoms with Crippen LogP contribution in [0.15, 0.2) is 42.9 Å². The predicted molar refractivity (Wildman–Crippen MR) is 222 cm³/mol. The molecular weight excluding hydrogens is 805 g/mol. The zero-order valence-electron chi connectivity index (χ0n) is 34.7. The number of hydrogen-bond acceptors (Lipinski definition) is 12. The Kier molecular flexibility index (Phi) is 11.7. The molecule has 0 bridgehead atoms. The highest BCUT2D eigenvalue weighted by Gasteiger charge is 2.46. The summed E-state index contributed by atoms with van der Waals surface area (Å²) in [6.07, 6.45) is 8.34. The molecule has 4 aromatic rings. The minimum absolute atomic E-state index is 0.0194. The summed E-state index contributed by atoms with van der Waals surface area (Å²) < 4.78 is 37.1. The van der Waals surface area contributed by atoms with E-state index in [-0.39, 0.29) is 30.1 Å². The van der Waals surface area contributed by atoms with Crippen LogP contribution in [0.4, 0.5) is 26.0 Å². The molecule has 17 nitrogen and oxygen atoms in total. The van der Waals surface area contributed by atoms with Gasteiger partial charge in [0.25, 0.3) is 24.1 Å². The fraction of sp³-hybridized carbons (Fsp3) is 0.535. The Bertz CT molecular complexity index is 2360. The van der Waals surface area contributed by atoms with Crippen LogP contribution >= 0.6 is 0 Å². The van der Waals surface area contributed by atoms with Crippen molar-refractivity contribution in [3.63, 3.8) is 0 Å². The van der Waals surface area contributed by atoms with Gasteiger partial charge in [-0.1, -0.05) is 6.07 Å². The molecule has 1 unspecified atom stereocenters. The summed E-state index contributed by atoms with van der Waals surface area (Å²) in [6.45, 7) is 5.87. The largest absolute Gasteiger partial charge is 0.378 e. The number of halogens is 2. The number of carbonyl (C=O) groups is 5. The second-order valence-electron chi connectivity index (χ2n) is 17.2. The van der Waals surface area contributed by atoms with E-state index in [2.05, 4.69) is 47.6 Å². The summed E-state index contributed by atoms with van der Waals surface area (Å²) in [5.74, 6) is -0.929. The first-order valence-corrected chi connectivity index (χ1v) is 21.7. The van der Waals surface area contributed by atoms with Gasteiger partial charge in [-0.3, -0.25) is 38.9 Å². The number of rotatable bonds is 12. The van der Waals surface area contributed by atoms with Gasteiger partial charge in [0.1, 0.15) is 17.4 Å². The van der Waals surface area contributed by atoms with E-state index in [1.165, 1.54) is 16.9 Å². The summed E-state index contributed by atoms with van der Waals surface area (Å²) in [7, 11) is 2.14. The molecule has 7 heterocycles. The molecule has 0 spiro atoms. The Morgan fingerprint density at radius 1 is 0.952 bits per heavy atom. The maximum atomic E-state index is 14.3. The van der Waals surface area contributed by atoms with Crippen LogP contribution in [-0.2, 0) is 14.3 Å². The van der Waals surface area contributed by atoms with Gasteiger partial charge < -0.3 is 24.8 Å². The van der Waals surface area contributed by atoms with Crippen molar-refractivity contribution in [1.82, 2.24) is 39.5 Å². The summed E-state index contributed by atoms with van der Waals surface area (Å²) in [4.78, 5) is 77.0. The van der Waals surface area contributed by atoms with E-state index in [1.807, 2.05) is 12.1 Å². The van der Waals surface area contributed by atoms with Gasteiger partial charge >= 0.3 is 0 Å². The van der Waals surface area contributed by atoms with Gasteiger partial charge in [0.05, 0.1) is 48.0 Å². The Labute approximate surface area is 356 Å². The van der Waals surface area contributed by atoms with Gasteiger partial charge in [0.2, 0.25) is 11.8 Å². The average molecular weight is 856 g/mol. The van der Waals surface area contributed by atoms with E-state index < -0.39 is 47.7 Å². The fourth-order valence-corrected chi connectivity index (χ4v) is 9.78. The Morgan fingerprint density at radius 2 is 1.73 bits per heavy atom. The van der Waals surface area contributed by atoms with Crippen LogP contribution in [0.3, 0.4) is 0 Å². The Balaban J connectivity index is 0.744. The first-order chi connectivity index (χ1) is 30.0. The number of hydrogen-bond donors (Lipinski definition) is 2. The first-order valence-electron chi connectivity index (χ1n) is 21.7. The number of anilines is 3. The van der Waals surface area contributed by atoms with Gasteiger partial charge in [-0.15, -0.1) is 0 Å². The molecule has 9 rings (SSSR count). The van der Waals surface area contributed by atoms with Crippen molar-refractivity contribution < 1.29 is 37.5 Å². The first kappa shape index (κ1) is 41.5.